The van der Waals surface area contributed by atoms with E-state index in [1.165, 1.54) is 12.1 Å². The first-order valence-electron chi connectivity index (χ1n) is 9.62. The summed E-state index contributed by atoms with van der Waals surface area (Å²) in [4.78, 5) is 14.7. The second-order valence-corrected chi connectivity index (χ2v) is 7.25. The van der Waals surface area contributed by atoms with E-state index in [1.54, 1.807) is 24.5 Å². The summed E-state index contributed by atoms with van der Waals surface area (Å²) in [6.07, 6.45) is 1.87. The lowest BCUT2D eigenvalue weighted by atomic mass is 10.0. The van der Waals surface area contributed by atoms with Crippen molar-refractivity contribution in [2.45, 2.75) is 32.5 Å². The molecule has 1 N–H and O–H groups in total. The molecule has 0 saturated carbocycles. The molecule has 2 heterocycles. The van der Waals surface area contributed by atoms with Crippen molar-refractivity contribution in [2.75, 3.05) is 11.5 Å². The van der Waals surface area contributed by atoms with Crippen molar-refractivity contribution >= 4 is 11.6 Å². The van der Waals surface area contributed by atoms with Crippen molar-refractivity contribution in [2.24, 2.45) is 0 Å². The normalized spacial score (nSPS) is 15.5. The fourth-order valence-electron chi connectivity index (χ4n) is 3.50. The smallest absolute Gasteiger partial charge is 0.222 e. The monoisotopic (exact) mass is 394 g/mol. The molecular weight excluding hydrogens is 371 g/mol. The fraction of sp³-hybridized carbons (Fsp3) is 0.261. The van der Waals surface area contributed by atoms with Gasteiger partial charge < -0.3 is 19.4 Å². The maximum absolute atomic E-state index is 13.3. The Balaban J connectivity index is 1.51. The maximum Gasteiger partial charge on any atom is 0.222 e. The molecule has 0 spiro atoms. The van der Waals surface area contributed by atoms with Gasteiger partial charge in [-0.2, -0.15) is 0 Å². The summed E-state index contributed by atoms with van der Waals surface area (Å²) >= 11 is 0. The number of furan rings is 1. The van der Waals surface area contributed by atoms with Gasteiger partial charge in [-0.15, -0.1) is 0 Å². The Bertz CT molecular complexity index is 970. The van der Waals surface area contributed by atoms with Gasteiger partial charge in [-0.05, 0) is 54.4 Å². The van der Waals surface area contributed by atoms with Crippen molar-refractivity contribution in [3.8, 4) is 5.75 Å². The van der Waals surface area contributed by atoms with Crippen LogP contribution in [0.4, 0.5) is 10.1 Å². The van der Waals surface area contributed by atoms with E-state index < -0.39 is 0 Å². The molecule has 1 aliphatic rings. The SMILES string of the molecule is Cc1ccc2c(c1)OCC(CC(=O)NCc1ccco1)N2Cc1ccc(F)cc1. The van der Waals surface area contributed by atoms with Gasteiger partial charge in [0.2, 0.25) is 5.91 Å². The van der Waals surface area contributed by atoms with E-state index >= 15 is 0 Å². The van der Waals surface area contributed by atoms with Crippen molar-refractivity contribution < 1.29 is 18.3 Å². The highest BCUT2D eigenvalue weighted by Crippen LogP contribution is 2.36. The third-order valence-corrected chi connectivity index (χ3v) is 5.02. The van der Waals surface area contributed by atoms with Crippen molar-refractivity contribution in [3.63, 3.8) is 0 Å². The summed E-state index contributed by atoms with van der Waals surface area (Å²) in [5.41, 5.74) is 3.02. The lowest BCUT2D eigenvalue weighted by Crippen LogP contribution is -2.45. The Labute approximate surface area is 169 Å². The topological polar surface area (TPSA) is 54.7 Å². The van der Waals surface area contributed by atoms with Crippen LogP contribution in [0.2, 0.25) is 0 Å². The number of benzene rings is 2. The van der Waals surface area contributed by atoms with Gasteiger partial charge in [0.1, 0.15) is 23.9 Å². The van der Waals surface area contributed by atoms with Crippen LogP contribution in [0.15, 0.2) is 65.3 Å². The molecule has 1 aliphatic heterocycles. The number of halogens is 1. The Morgan fingerprint density at radius 3 is 2.79 bits per heavy atom. The Morgan fingerprint density at radius 2 is 2.03 bits per heavy atom. The summed E-state index contributed by atoms with van der Waals surface area (Å²) in [6.45, 7) is 3.34. The number of hydrogen-bond acceptors (Lipinski definition) is 4. The van der Waals surface area contributed by atoms with Gasteiger partial charge in [-0.25, -0.2) is 4.39 Å². The highest BCUT2D eigenvalue weighted by atomic mass is 19.1. The molecule has 2 aromatic carbocycles. The first-order chi connectivity index (χ1) is 14.1. The molecular formula is C23H23FN2O3. The largest absolute Gasteiger partial charge is 0.489 e. The first-order valence-corrected chi connectivity index (χ1v) is 9.62. The Hall–Kier alpha value is -3.28. The zero-order valence-corrected chi connectivity index (χ0v) is 16.2. The van der Waals surface area contributed by atoms with Gasteiger partial charge in [0.15, 0.2) is 0 Å². The molecule has 3 aromatic rings. The summed E-state index contributed by atoms with van der Waals surface area (Å²) in [5, 5.41) is 2.89. The summed E-state index contributed by atoms with van der Waals surface area (Å²) in [7, 11) is 0. The van der Waals surface area contributed by atoms with Gasteiger partial charge in [-0.1, -0.05) is 18.2 Å². The number of carbonyl (C=O) groups excluding carboxylic acids is 1. The van der Waals surface area contributed by atoms with Crippen LogP contribution >= 0.6 is 0 Å². The van der Waals surface area contributed by atoms with Crippen LogP contribution in [0.3, 0.4) is 0 Å². The van der Waals surface area contributed by atoms with E-state index in [1.807, 2.05) is 31.2 Å². The van der Waals surface area contributed by atoms with Crippen molar-refractivity contribution in [1.29, 1.82) is 0 Å². The quantitative estimate of drug-likeness (QED) is 0.681. The Kier molecular flexibility index (Phi) is 5.51. The minimum absolute atomic E-state index is 0.0744. The van der Waals surface area contributed by atoms with E-state index in [-0.39, 0.29) is 24.2 Å². The number of aryl methyl sites for hydroxylation is 1. The number of anilines is 1. The van der Waals surface area contributed by atoms with Crippen molar-refractivity contribution in [3.05, 3.63) is 83.6 Å². The van der Waals surface area contributed by atoms with Gasteiger partial charge in [0, 0.05) is 6.54 Å². The summed E-state index contributed by atoms with van der Waals surface area (Å²) < 4.78 is 24.5. The molecule has 150 valence electrons. The van der Waals surface area contributed by atoms with Crippen LogP contribution in [0.1, 0.15) is 23.3 Å². The number of fused-ring (bicyclic) bond motifs is 1. The predicted molar refractivity (Wildman–Crippen MR) is 108 cm³/mol. The van der Waals surface area contributed by atoms with Gasteiger partial charge in [0.25, 0.3) is 0 Å². The minimum atomic E-state index is -0.263. The molecule has 0 bridgehead atoms. The molecule has 1 atom stereocenters. The number of nitrogens with one attached hydrogen (secondary N) is 1. The average Bonchev–Trinajstić information content (AvgIpc) is 3.23. The number of nitrogens with zero attached hydrogens (tertiary/aromatic N) is 1. The molecule has 4 rings (SSSR count). The second kappa shape index (κ2) is 8.39. The molecule has 1 amide bonds. The molecule has 1 aromatic heterocycles. The van der Waals surface area contributed by atoms with Crippen LogP contribution in [0.5, 0.6) is 5.75 Å². The summed E-state index contributed by atoms with van der Waals surface area (Å²) in [6, 6.07) is 16.0. The minimum Gasteiger partial charge on any atom is -0.489 e. The van der Waals surface area contributed by atoms with E-state index in [0.29, 0.717) is 25.5 Å². The average molecular weight is 394 g/mol. The molecule has 5 nitrogen and oxygen atoms in total. The third kappa shape index (κ3) is 4.59. The standard InChI is InChI=1S/C23H23FN2O3/c1-16-4-9-21-22(11-16)29-15-19(12-23(27)25-13-20-3-2-10-28-20)26(21)14-17-5-7-18(24)8-6-17/h2-11,19H,12-15H2,1H3,(H,25,27). The van der Waals surface area contributed by atoms with E-state index in [2.05, 4.69) is 10.2 Å². The van der Waals surface area contributed by atoms with Crippen LogP contribution in [-0.2, 0) is 17.9 Å². The number of hydrogen-bond donors (Lipinski definition) is 1. The highest BCUT2D eigenvalue weighted by Gasteiger charge is 2.29. The molecule has 0 fully saturated rings. The van der Waals surface area contributed by atoms with Crippen LogP contribution in [-0.4, -0.2) is 18.6 Å². The fourth-order valence-corrected chi connectivity index (χ4v) is 3.50. The second-order valence-electron chi connectivity index (χ2n) is 7.25. The van der Waals surface area contributed by atoms with Crippen LogP contribution < -0.4 is 15.0 Å². The molecule has 1 unspecified atom stereocenters. The van der Waals surface area contributed by atoms with Gasteiger partial charge >= 0.3 is 0 Å². The van der Waals surface area contributed by atoms with Crippen LogP contribution in [0.25, 0.3) is 0 Å². The molecule has 29 heavy (non-hydrogen) atoms. The van der Waals surface area contributed by atoms with Crippen molar-refractivity contribution in [1.82, 2.24) is 5.32 Å². The molecule has 0 saturated heterocycles. The third-order valence-electron chi connectivity index (χ3n) is 5.02. The lowest BCUT2D eigenvalue weighted by molar-refractivity contribution is -0.121. The first kappa shape index (κ1) is 19.1. The summed E-state index contributed by atoms with van der Waals surface area (Å²) in [5.74, 6) is 1.18. The highest BCUT2D eigenvalue weighted by molar-refractivity contribution is 5.77. The molecule has 0 radical (unpaired) electrons. The molecule has 6 heteroatoms. The zero-order valence-electron chi connectivity index (χ0n) is 16.2. The Morgan fingerprint density at radius 1 is 1.21 bits per heavy atom. The van der Waals surface area contributed by atoms with E-state index in [0.717, 1.165) is 22.6 Å². The predicted octanol–water partition coefficient (Wildman–Crippen LogP) is 4.20. The number of ether oxygens (including phenoxy) is 1. The lowest BCUT2D eigenvalue weighted by Gasteiger charge is -2.38. The zero-order chi connectivity index (χ0) is 20.2. The van der Waals surface area contributed by atoms with Gasteiger partial charge in [0.05, 0.1) is 31.0 Å². The van der Waals surface area contributed by atoms with E-state index in [9.17, 15) is 9.18 Å². The number of carbonyl (C=O) groups is 1. The number of rotatable bonds is 6. The van der Waals surface area contributed by atoms with E-state index in [4.69, 9.17) is 9.15 Å². The van der Waals surface area contributed by atoms with Crippen LogP contribution in [0, 0.1) is 12.7 Å². The van der Waals surface area contributed by atoms with Gasteiger partial charge in [-0.3, -0.25) is 4.79 Å². The number of amides is 1. The maximum atomic E-state index is 13.3. The molecule has 0 aliphatic carbocycles.